The van der Waals surface area contributed by atoms with E-state index in [9.17, 15) is 17.2 Å². The molecule has 8 heteroatoms. The van der Waals surface area contributed by atoms with Gasteiger partial charge < -0.3 is 9.84 Å². The van der Waals surface area contributed by atoms with Gasteiger partial charge in [0, 0.05) is 19.2 Å². The minimum absolute atomic E-state index is 0.0512. The van der Waals surface area contributed by atoms with Crippen LogP contribution in [-0.4, -0.2) is 49.7 Å². The number of benzene rings is 1. The van der Waals surface area contributed by atoms with E-state index in [0.29, 0.717) is 6.07 Å². The van der Waals surface area contributed by atoms with Gasteiger partial charge in [-0.1, -0.05) is 0 Å². The lowest BCUT2D eigenvalue weighted by molar-refractivity contribution is -0.0750. The lowest BCUT2D eigenvalue weighted by atomic mass is 10.2. The van der Waals surface area contributed by atoms with E-state index in [-0.39, 0.29) is 19.7 Å². The summed E-state index contributed by atoms with van der Waals surface area (Å²) in [5.74, 6) is -1.98. The third-order valence-electron chi connectivity index (χ3n) is 3.01. The zero-order valence-corrected chi connectivity index (χ0v) is 11.6. The highest BCUT2D eigenvalue weighted by atomic mass is 32.2. The summed E-state index contributed by atoms with van der Waals surface area (Å²) in [6, 6.07) is 2.32. The van der Waals surface area contributed by atoms with Crippen LogP contribution >= 0.6 is 0 Å². The number of nitrogens with zero attached hydrogens (tertiary/aromatic N) is 1. The molecule has 0 radical (unpaired) electrons. The van der Waals surface area contributed by atoms with Crippen LogP contribution in [0.4, 0.5) is 8.78 Å². The van der Waals surface area contributed by atoms with Crippen molar-refractivity contribution in [2.75, 3.05) is 19.7 Å². The summed E-state index contributed by atoms with van der Waals surface area (Å²) >= 11 is 0. The molecule has 0 spiro atoms. The highest BCUT2D eigenvalue weighted by molar-refractivity contribution is 7.89. The van der Waals surface area contributed by atoms with Crippen molar-refractivity contribution in [1.82, 2.24) is 4.31 Å². The summed E-state index contributed by atoms with van der Waals surface area (Å²) < 4.78 is 57.6. The maximum atomic E-state index is 13.7. The first kappa shape index (κ1) is 15.3. The first-order valence-corrected chi connectivity index (χ1v) is 7.50. The third-order valence-corrected chi connectivity index (χ3v) is 4.87. The van der Waals surface area contributed by atoms with Gasteiger partial charge in [-0.15, -0.1) is 0 Å². The largest absolute Gasteiger partial charge is 0.394 e. The van der Waals surface area contributed by atoms with Gasteiger partial charge in [0.2, 0.25) is 10.0 Å². The van der Waals surface area contributed by atoms with Crippen molar-refractivity contribution in [1.29, 1.82) is 0 Å². The van der Waals surface area contributed by atoms with E-state index < -0.39 is 38.8 Å². The molecule has 1 aromatic rings. The molecule has 2 rings (SSSR count). The Morgan fingerprint density at radius 2 is 2.10 bits per heavy atom. The lowest BCUT2D eigenvalue weighted by Gasteiger charge is -2.35. The Balaban J connectivity index is 2.34. The monoisotopic (exact) mass is 307 g/mol. The molecule has 0 bridgehead atoms. The molecule has 1 aromatic carbocycles. The van der Waals surface area contributed by atoms with Crippen molar-refractivity contribution in [2.24, 2.45) is 0 Å². The molecule has 1 fully saturated rings. The van der Waals surface area contributed by atoms with E-state index in [4.69, 9.17) is 9.84 Å². The summed E-state index contributed by atoms with van der Waals surface area (Å²) in [5.41, 5.74) is 0. The number of morpholine rings is 1. The van der Waals surface area contributed by atoms with Crippen LogP contribution in [-0.2, 0) is 14.8 Å². The van der Waals surface area contributed by atoms with E-state index in [2.05, 4.69) is 0 Å². The first-order chi connectivity index (χ1) is 9.34. The number of sulfonamides is 1. The standard InChI is InChI=1S/C12H15F2NO4S/c1-8-5-15(6-10(7-16)19-8)20(17,18)12-3-2-9(13)4-11(12)14/h2-4,8,10,16H,5-7H2,1H3. The Labute approximate surface area is 115 Å². The molecule has 2 unspecified atom stereocenters. The second kappa shape index (κ2) is 5.72. The molecule has 0 saturated carbocycles. The third kappa shape index (κ3) is 2.98. The molecular formula is C12H15F2NO4S. The smallest absolute Gasteiger partial charge is 0.246 e. The Morgan fingerprint density at radius 3 is 2.70 bits per heavy atom. The van der Waals surface area contributed by atoms with E-state index in [1.807, 2.05) is 0 Å². The molecule has 1 N–H and O–H groups in total. The fourth-order valence-corrected chi connectivity index (χ4v) is 3.72. The van der Waals surface area contributed by atoms with Gasteiger partial charge in [0.25, 0.3) is 0 Å². The molecule has 2 atom stereocenters. The van der Waals surface area contributed by atoms with Gasteiger partial charge in [0.1, 0.15) is 16.5 Å². The quantitative estimate of drug-likeness (QED) is 0.894. The number of hydrogen-bond donors (Lipinski definition) is 1. The summed E-state index contributed by atoms with van der Waals surface area (Å²) in [5, 5.41) is 9.08. The maximum Gasteiger partial charge on any atom is 0.246 e. The summed E-state index contributed by atoms with van der Waals surface area (Å²) in [6.45, 7) is 1.31. The normalized spacial score (nSPS) is 24.8. The molecule has 112 valence electrons. The molecule has 0 aromatic heterocycles. The van der Waals surface area contributed by atoms with Crippen LogP contribution in [0.1, 0.15) is 6.92 Å². The van der Waals surface area contributed by atoms with Crippen LogP contribution < -0.4 is 0 Å². The number of halogens is 2. The van der Waals surface area contributed by atoms with Crippen molar-refractivity contribution in [3.63, 3.8) is 0 Å². The zero-order valence-electron chi connectivity index (χ0n) is 10.8. The van der Waals surface area contributed by atoms with Crippen molar-refractivity contribution in [3.05, 3.63) is 29.8 Å². The summed E-state index contributed by atoms with van der Waals surface area (Å²) in [7, 11) is -4.08. The predicted molar refractivity (Wildman–Crippen MR) is 66.5 cm³/mol. The molecule has 1 aliphatic heterocycles. The van der Waals surface area contributed by atoms with Gasteiger partial charge in [-0.25, -0.2) is 17.2 Å². The molecule has 5 nitrogen and oxygen atoms in total. The Bertz CT molecular complexity index is 593. The first-order valence-electron chi connectivity index (χ1n) is 6.06. The van der Waals surface area contributed by atoms with Crippen molar-refractivity contribution in [2.45, 2.75) is 24.0 Å². The minimum atomic E-state index is -4.08. The van der Waals surface area contributed by atoms with Crippen molar-refractivity contribution in [3.8, 4) is 0 Å². The number of rotatable bonds is 3. The minimum Gasteiger partial charge on any atom is -0.394 e. The Hall–Kier alpha value is -1.09. The molecule has 1 heterocycles. The van der Waals surface area contributed by atoms with Gasteiger partial charge in [-0.05, 0) is 19.1 Å². The van der Waals surface area contributed by atoms with Gasteiger partial charge in [0.05, 0.1) is 18.8 Å². The topological polar surface area (TPSA) is 66.8 Å². The molecule has 1 aliphatic rings. The molecule has 0 amide bonds. The fourth-order valence-electron chi connectivity index (χ4n) is 2.12. The second-order valence-corrected chi connectivity index (χ2v) is 6.55. The molecule has 20 heavy (non-hydrogen) atoms. The van der Waals surface area contributed by atoms with Gasteiger partial charge in [0.15, 0.2) is 0 Å². The highest BCUT2D eigenvalue weighted by Gasteiger charge is 2.35. The maximum absolute atomic E-state index is 13.7. The van der Waals surface area contributed by atoms with Gasteiger partial charge in [-0.3, -0.25) is 0 Å². The average Bonchev–Trinajstić information content (AvgIpc) is 2.37. The zero-order chi connectivity index (χ0) is 14.9. The van der Waals surface area contributed by atoms with E-state index in [1.165, 1.54) is 0 Å². The van der Waals surface area contributed by atoms with Crippen LogP contribution in [0.25, 0.3) is 0 Å². The fraction of sp³-hybridized carbons (Fsp3) is 0.500. The van der Waals surface area contributed by atoms with Crippen LogP contribution in [0.15, 0.2) is 23.1 Å². The Morgan fingerprint density at radius 1 is 1.40 bits per heavy atom. The van der Waals surface area contributed by atoms with Crippen LogP contribution in [0.2, 0.25) is 0 Å². The summed E-state index contributed by atoms with van der Waals surface area (Å²) in [4.78, 5) is -0.579. The predicted octanol–water partition coefficient (Wildman–Crippen LogP) is 0.735. The van der Waals surface area contributed by atoms with Crippen LogP contribution in [0, 0.1) is 11.6 Å². The molecule has 0 aliphatic carbocycles. The van der Waals surface area contributed by atoms with Gasteiger partial charge >= 0.3 is 0 Å². The molecule has 1 saturated heterocycles. The number of ether oxygens (including phenoxy) is 1. The highest BCUT2D eigenvalue weighted by Crippen LogP contribution is 2.23. The molecular weight excluding hydrogens is 292 g/mol. The van der Waals surface area contributed by atoms with E-state index >= 15 is 0 Å². The number of aliphatic hydroxyl groups is 1. The van der Waals surface area contributed by atoms with Crippen molar-refractivity contribution < 1.29 is 27.0 Å². The van der Waals surface area contributed by atoms with Crippen LogP contribution in [0.3, 0.4) is 0 Å². The average molecular weight is 307 g/mol. The Kier molecular flexibility index (Phi) is 4.38. The van der Waals surface area contributed by atoms with E-state index in [1.54, 1.807) is 6.92 Å². The van der Waals surface area contributed by atoms with Crippen LogP contribution in [0.5, 0.6) is 0 Å². The van der Waals surface area contributed by atoms with Gasteiger partial charge in [-0.2, -0.15) is 4.31 Å². The van der Waals surface area contributed by atoms with E-state index in [0.717, 1.165) is 16.4 Å². The summed E-state index contributed by atoms with van der Waals surface area (Å²) in [6.07, 6.45) is -1.07. The lowest BCUT2D eigenvalue weighted by Crippen LogP contribution is -2.50. The second-order valence-electron chi connectivity index (χ2n) is 4.65. The number of hydrogen-bond acceptors (Lipinski definition) is 4. The SMILES string of the molecule is CC1CN(S(=O)(=O)c2ccc(F)cc2F)CC(CO)O1. The van der Waals surface area contributed by atoms with Crippen molar-refractivity contribution >= 4 is 10.0 Å². The number of aliphatic hydroxyl groups excluding tert-OH is 1.